The summed E-state index contributed by atoms with van der Waals surface area (Å²) >= 11 is 0. The molecule has 19 heavy (non-hydrogen) atoms. The third kappa shape index (κ3) is 4.03. The van der Waals surface area contributed by atoms with E-state index in [9.17, 15) is 0 Å². The summed E-state index contributed by atoms with van der Waals surface area (Å²) < 4.78 is 5.19. The van der Waals surface area contributed by atoms with Crippen molar-refractivity contribution in [2.24, 2.45) is 0 Å². The maximum atomic E-state index is 5.19. The fourth-order valence-corrected chi connectivity index (χ4v) is 2.70. The largest absolute Gasteiger partial charge is 0.380 e. The van der Waals surface area contributed by atoms with Crippen molar-refractivity contribution >= 4 is 0 Å². The number of nitrogens with one attached hydrogen (secondary N) is 1. The predicted octanol–water partition coefficient (Wildman–Crippen LogP) is 2.41. The molecule has 1 saturated heterocycles. The van der Waals surface area contributed by atoms with E-state index in [1.807, 2.05) is 0 Å². The van der Waals surface area contributed by atoms with Crippen molar-refractivity contribution in [2.75, 3.05) is 27.2 Å². The highest BCUT2D eigenvalue weighted by molar-refractivity contribution is 5.23. The predicted molar refractivity (Wildman–Crippen MR) is 79.1 cm³/mol. The molecule has 0 bridgehead atoms. The van der Waals surface area contributed by atoms with Crippen molar-refractivity contribution in [3.63, 3.8) is 0 Å². The Bertz CT molecular complexity index is 397. The SMILES string of the molecule is CNC1(C)CCN(Cc2cccc(COC)c2)CC1. The van der Waals surface area contributed by atoms with Gasteiger partial charge in [-0.15, -0.1) is 0 Å². The molecule has 3 nitrogen and oxygen atoms in total. The number of rotatable bonds is 5. The fraction of sp³-hybridized carbons (Fsp3) is 0.625. The quantitative estimate of drug-likeness (QED) is 0.882. The molecule has 1 aliphatic rings. The first-order valence-corrected chi connectivity index (χ1v) is 7.13. The first-order valence-electron chi connectivity index (χ1n) is 7.13. The molecule has 1 N–H and O–H groups in total. The Labute approximate surface area is 116 Å². The zero-order valence-electron chi connectivity index (χ0n) is 12.4. The van der Waals surface area contributed by atoms with Crippen molar-refractivity contribution in [1.29, 1.82) is 0 Å². The van der Waals surface area contributed by atoms with Crippen LogP contribution in [0.4, 0.5) is 0 Å². The Morgan fingerprint density at radius 2 is 1.95 bits per heavy atom. The first kappa shape index (κ1) is 14.5. The molecule has 0 aromatic heterocycles. The van der Waals surface area contributed by atoms with Crippen LogP contribution >= 0.6 is 0 Å². The Kier molecular flexibility index (Phi) is 4.97. The molecule has 0 aliphatic carbocycles. The summed E-state index contributed by atoms with van der Waals surface area (Å²) in [5.41, 5.74) is 2.98. The molecule has 1 aromatic carbocycles. The normalized spacial score (nSPS) is 19.5. The minimum absolute atomic E-state index is 0.328. The number of likely N-dealkylation sites (tertiary alicyclic amines) is 1. The van der Waals surface area contributed by atoms with E-state index in [4.69, 9.17) is 4.74 Å². The van der Waals surface area contributed by atoms with E-state index >= 15 is 0 Å². The number of hydrogen-bond acceptors (Lipinski definition) is 3. The summed E-state index contributed by atoms with van der Waals surface area (Å²) in [4.78, 5) is 2.55. The summed E-state index contributed by atoms with van der Waals surface area (Å²) in [5.74, 6) is 0. The Hall–Kier alpha value is -0.900. The zero-order chi connectivity index (χ0) is 13.7. The van der Waals surface area contributed by atoms with Gasteiger partial charge in [0.05, 0.1) is 6.61 Å². The summed E-state index contributed by atoms with van der Waals surface area (Å²) in [6, 6.07) is 8.73. The van der Waals surface area contributed by atoms with Crippen LogP contribution in [0.25, 0.3) is 0 Å². The molecular formula is C16H26N2O. The number of hydrogen-bond donors (Lipinski definition) is 1. The molecule has 0 atom stereocenters. The lowest BCUT2D eigenvalue weighted by Gasteiger charge is -2.39. The van der Waals surface area contributed by atoms with Gasteiger partial charge in [0.1, 0.15) is 0 Å². The van der Waals surface area contributed by atoms with Crippen LogP contribution in [0, 0.1) is 0 Å². The monoisotopic (exact) mass is 262 g/mol. The van der Waals surface area contributed by atoms with Crippen molar-refractivity contribution in [3.05, 3.63) is 35.4 Å². The number of benzene rings is 1. The lowest BCUT2D eigenvalue weighted by molar-refractivity contribution is 0.146. The van der Waals surface area contributed by atoms with Crippen molar-refractivity contribution in [3.8, 4) is 0 Å². The highest BCUT2D eigenvalue weighted by Crippen LogP contribution is 2.22. The van der Waals surface area contributed by atoms with Crippen LogP contribution in [-0.2, 0) is 17.9 Å². The van der Waals surface area contributed by atoms with E-state index in [2.05, 4.69) is 48.5 Å². The first-order chi connectivity index (χ1) is 9.15. The van der Waals surface area contributed by atoms with Crippen LogP contribution in [-0.4, -0.2) is 37.7 Å². The Balaban J connectivity index is 1.90. The van der Waals surface area contributed by atoms with Gasteiger partial charge >= 0.3 is 0 Å². The molecule has 0 radical (unpaired) electrons. The molecule has 0 spiro atoms. The van der Waals surface area contributed by atoms with Gasteiger partial charge in [0.2, 0.25) is 0 Å². The maximum absolute atomic E-state index is 5.19. The van der Waals surface area contributed by atoms with E-state index < -0.39 is 0 Å². The van der Waals surface area contributed by atoms with Gasteiger partial charge in [-0.05, 0) is 37.9 Å². The molecule has 0 saturated carbocycles. The van der Waals surface area contributed by atoms with E-state index in [1.54, 1.807) is 7.11 Å². The Morgan fingerprint density at radius 3 is 2.58 bits per heavy atom. The topological polar surface area (TPSA) is 24.5 Å². The van der Waals surface area contributed by atoms with Crippen molar-refractivity contribution < 1.29 is 4.74 Å². The summed E-state index contributed by atoms with van der Waals surface area (Å²) in [6.07, 6.45) is 2.45. The Morgan fingerprint density at radius 1 is 1.26 bits per heavy atom. The van der Waals surface area contributed by atoms with Gasteiger partial charge < -0.3 is 10.1 Å². The molecule has 1 heterocycles. The van der Waals surface area contributed by atoms with Gasteiger partial charge in [0, 0.05) is 32.3 Å². The highest BCUT2D eigenvalue weighted by Gasteiger charge is 2.27. The van der Waals surface area contributed by atoms with Gasteiger partial charge in [0.15, 0.2) is 0 Å². The maximum Gasteiger partial charge on any atom is 0.0713 e. The van der Waals surface area contributed by atoms with E-state index in [0.29, 0.717) is 12.1 Å². The van der Waals surface area contributed by atoms with Gasteiger partial charge in [-0.1, -0.05) is 24.3 Å². The van der Waals surface area contributed by atoms with Gasteiger partial charge in [-0.25, -0.2) is 0 Å². The minimum atomic E-state index is 0.328. The fourth-order valence-electron chi connectivity index (χ4n) is 2.70. The van der Waals surface area contributed by atoms with Crippen LogP contribution in [0.15, 0.2) is 24.3 Å². The second-order valence-electron chi connectivity index (χ2n) is 5.84. The summed E-state index contributed by atoms with van der Waals surface area (Å²) in [6.45, 7) is 6.42. The van der Waals surface area contributed by atoms with Gasteiger partial charge in [0.25, 0.3) is 0 Å². The lowest BCUT2D eigenvalue weighted by Crippen LogP contribution is -2.49. The molecule has 1 aromatic rings. The molecule has 1 fully saturated rings. The van der Waals surface area contributed by atoms with Crippen LogP contribution in [0.3, 0.4) is 0 Å². The second kappa shape index (κ2) is 6.51. The molecule has 0 unspecified atom stereocenters. The minimum Gasteiger partial charge on any atom is -0.380 e. The smallest absolute Gasteiger partial charge is 0.0713 e. The van der Waals surface area contributed by atoms with Crippen LogP contribution in [0.1, 0.15) is 30.9 Å². The van der Waals surface area contributed by atoms with Crippen LogP contribution < -0.4 is 5.32 Å². The van der Waals surface area contributed by atoms with Crippen LogP contribution in [0.2, 0.25) is 0 Å². The van der Waals surface area contributed by atoms with Gasteiger partial charge in [-0.2, -0.15) is 0 Å². The van der Waals surface area contributed by atoms with E-state index in [1.165, 1.54) is 37.1 Å². The molecule has 3 heteroatoms. The third-order valence-corrected chi connectivity index (χ3v) is 4.27. The molecular weight excluding hydrogens is 236 g/mol. The number of ether oxygens (including phenoxy) is 1. The van der Waals surface area contributed by atoms with Crippen molar-refractivity contribution in [2.45, 2.75) is 38.5 Å². The number of methoxy groups -OCH3 is 1. The van der Waals surface area contributed by atoms with Gasteiger partial charge in [-0.3, -0.25) is 4.90 Å². The summed E-state index contributed by atoms with van der Waals surface area (Å²) in [7, 11) is 3.82. The molecule has 1 aliphatic heterocycles. The lowest BCUT2D eigenvalue weighted by atomic mass is 9.90. The average molecular weight is 262 g/mol. The number of nitrogens with zero attached hydrogens (tertiary/aromatic N) is 1. The second-order valence-corrected chi connectivity index (χ2v) is 5.84. The highest BCUT2D eigenvalue weighted by atomic mass is 16.5. The molecule has 0 amide bonds. The van der Waals surface area contributed by atoms with Crippen molar-refractivity contribution in [1.82, 2.24) is 10.2 Å². The molecule has 2 rings (SSSR count). The molecule has 106 valence electrons. The standard InChI is InChI=1S/C16H26N2O/c1-16(17-2)7-9-18(10-8-16)12-14-5-4-6-15(11-14)13-19-3/h4-6,11,17H,7-10,12-13H2,1-3H3. The van der Waals surface area contributed by atoms with E-state index in [0.717, 1.165) is 6.54 Å². The third-order valence-electron chi connectivity index (χ3n) is 4.27. The average Bonchev–Trinajstić information content (AvgIpc) is 2.43. The summed E-state index contributed by atoms with van der Waals surface area (Å²) in [5, 5.41) is 3.45. The zero-order valence-corrected chi connectivity index (χ0v) is 12.4. The van der Waals surface area contributed by atoms with Crippen LogP contribution in [0.5, 0.6) is 0 Å². The number of piperidine rings is 1. The van der Waals surface area contributed by atoms with E-state index in [-0.39, 0.29) is 0 Å².